The molecule has 0 aliphatic rings. The summed E-state index contributed by atoms with van der Waals surface area (Å²) in [7, 11) is 0. The van der Waals surface area contributed by atoms with E-state index in [4.69, 9.17) is 0 Å². The Morgan fingerprint density at radius 3 is 2.00 bits per heavy atom. The molecule has 2 heteroatoms. The van der Waals surface area contributed by atoms with Crippen LogP contribution in [0.1, 0.15) is 60.8 Å². The Morgan fingerprint density at radius 2 is 1.64 bits per heavy atom. The molecule has 86 valence electrons. The molecule has 0 fully saturated rings. The third-order valence-corrected chi connectivity index (χ3v) is 2.96. The van der Waals surface area contributed by atoms with E-state index in [9.17, 15) is 0 Å². The van der Waals surface area contributed by atoms with Gasteiger partial charge in [0.1, 0.15) is 0 Å². The van der Waals surface area contributed by atoms with E-state index in [2.05, 4.69) is 52.2 Å². The van der Waals surface area contributed by atoms with Crippen LogP contribution in [0.15, 0.2) is 0 Å². The van der Waals surface area contributed by atoms with E-state index in [1.54, 1.807) is 0 Å². The number of hydrogen-bond acceptors (Lipinski definition) is 2. The first-order valence-corrected chi connectivity index (χ1v) is 5.98. The zero-order valence-corrected chi connectivity index (χ0v) is 10.8. The van der Waals surface area contributed by atoms with Crippen molar-refractivity contribution in [2.75, 3.05) is 0 Å². The van der Waals surface area contributed by atoms with Crippen LogP contribution in [0.3, 0.4) is 0 Å². The molecule has 0 aromatic carbocycles. The average molecular weight is 200 g/mol. The van der Waals surface area contributed by atoms with Crippen molar-refractivity contribution in [1.82, 2.24) is 10.6 Å². The van der Waals surface area contributed by atoms with E-state index in [0.29, 0.717) is 12.2 Å². The lowest BCUT2D eigenvalue weighted by atomic mass is 10.0. The molecular formula is C12H28N2. The molecule has 2 atom stereocenters. The van der Waals surface area contributed by atoms with E-state index < -0.39 is 0 Å². The summed E-state index contributed by atoms with van der Waals surface area (Å²) in [5.41, 5.74) is 0.237. The predicted molar refractivity (Wildman–Crippen MR) is 64.5 cm³/mol. The molecule has 0 radical (unpaired) electrons. The third kappa shape index (κ3) is 5.61. The summed E-state index contributed by atoms with van der Waals surface area (Å²) < 4.78 is 0. The topological polar surface area (TPSA) is 24.1 Å². The van der Waals surface area contributed by atoms with Crippen LogP contribution in [-0.4, -0.2) is 17.7 Å². The fourth-order valence-electron chi connectivity index (χ4n) is 1.30. The molecule has 0 saturated carbocycles. The SMILES string of the molecule is CCC(C)NC(CC)NC(C)(C)CC. The van der Waals surface area contributed by atoms with Crippen molar-refractivity contribution < 1.29 is 0 Å². The van der Waals surface area contributed by atoms with E-state index >= 15 is 0 Å². The highest BCUT2D eigenvalue weighted by atomic mass is 15.2. The Bertz CT molecular complexity index is 143. The van der Waals surface area contributed by atoms with Crippen molar-refractivity contribution in [3.63, 3.8) is 0 Å². The fraction of sp³-hybridized carbons (Fsp3) is 1.00. The lowest BCUT2D eigenvalue weighted by Crippen LogP contribution is -2.53. The van der Waals surface area contributed by atoms with Crippen LogP contribution in [0.5, 0.6) is 0 Å². The van der Waals surface area contributed by atoms with Gasteiger partial charge in [-0.25, -0.2) is 0 Å². The Kier molecular flexibility index (Phi) is 6.38. The van der Waals surface area contributed by atoms with E-state index in [0.717, 1.165) is 12.8 Å². The normalized spacial score (nSPS) is 16.7. The van der Waals surface area contributed by atoms with Crippen molar-refractivity contribution in [2.45, 2.75) is 78.6 Å². The molecule has 0 bridgehead atoms. The van der Waals surface area contributed by atoms with Crippen molar-refractivity contribution >= 4 is 0 Å². The van der Waals surface area contributed by atoms with Gasteiger partial charge in [-0.05, 0) is 40.0 Å². The Labute approximate surface area is 89.9 Å². The number of nitrogens with one attached hydrogen (secondary N) is 2. The molecule has 0 saturated heterocycles. The summed E-state index contributed by atoms with van der Waals surface area (Å²) in [6.45, 7) is 13.4. The van der Waals surface area contributed by atoms with Gasteiger partial charge in [0.05, 0.1) is 6.17 Å². The highest BCUT2D eigenvalue weighted by Crippen LogP contribution is 2.09. The van der Waals surface area contributed by atoms with Crippen LogP contribution in [0.2, 0.25) is 0 Å². The van der Waals surface area contributed by atoms with Crippen molar-refractivity contribution in [3.8, 4) is 0 Å². The van der Waals surface area contributed by atoms with E-state index in [-0.39, 0.29) is 5.54 Å². The smallest absolute Gasteiger partial charge is 0.0575 e. The van der Waals surface area contributed by atoms with Gasteiger partial charge in [0, 0.05) is 11.6 Å². The molecule has 2 N–H and O–H groups in total. The quantitative estimate of drug-likeness (QED) is 0.618. The first-order chi connectivity index (χ1) is 6.45. The second-order valence-corrected chi connectivity index (χ2v) is 4.82. The highest BCUT2D eigenvalue weighted by Gasteiger charge is 2.19. The van der Waals surface area contributed by atoms with Gasteiger partial charge >= 0.3 is 0 Å². The Balaban J connectivity index is 4.02. The summed E-state index contributed by atoms with van der Waals surface area (Å²) in [5.74, 6) is 0. The second-order valence-electron chi connectivity index (χ2n) is 4.82. The standard InChI is InChI=1S/C12H28N2/c1-7-10(4)13-11(8-2)14-12(5,6)9-3/h10-11,13-14H,7-9H2,1-6H3. The summed E-state index contributed by atoms with van der Waals surface area (Å²) in [6, 6.07) is 0.597. The lowest BCUT2D eigenvalue weighted by molar-refractivity contribution is 0.267. The first kappa shape index (κ1) is 13.9. The molecule has 0 heterocycles. The van der Waals surface area contributed by atoms with Crippen molar-refractivity contribution in [1.29, 1.82) is 0 Å². The molecule has 0 amide bonds. The molecule has 0 rings (SSSR count). The largest absolute Gasteiger partial charge is 0.299 e. The van der Waals surface area contributed by atoms with Crippen LogP contribution < -0.4 is 10.6 Å². The third-order valence-electron chi connectivity index (χ3n) is 2.96. The number of hydrogen-bond donors (Lipinski definition) is 2. The van der Waals surface area contributed by atoms with Crippen LogP contribution in [0.4, 0.5) is 0 Å². The minimum absolute atomic E-state index is 0.237. The van der Waals surface area contributed by atoms with Crippen LogP contribution in [0.25, 0.3) is 0 Å². The van der Waals surface area contributed by atoms with Gasteiger partial charge in [-0.2, -0.15) is 0 Å². The first-order valence-electron chi connectivity index (χ1n) is 5.98. The maximum atomic E-state index is 3.65. The van der Waals surface area contributed by atoms with Gasteiger partial charge in [-0.3, -0.25) is 10.6 Å². The van der Waals surface area contributed by atoms with Gasteiger partial charge in [0.2, 0.25) is 0 Å². The average Bonchev–Trinajstić information content (AvgIpc) is 2.16. The van der Waals surface area contributed by atoms with Gasteiger partial charge in [-0.15, -0.1) is 0 Å². The van der Waals surface area contributed by atoms with E-state index in [1.807, 2.05) is 0 Å². The highest BCUT2D eigenvalue weighted by molar-refractivity contribution is 4.80. The molecule has 0 aromatic heterocycles. The Hall–Kier alpha value is -0.0800. The number of rotatable bonds is 7. The maximum absolute atomic E-state index is 3.65. The van der Waals surface area contributed by atoms with Crippen LogP contribution in [0, 0.1) is 0 Å². The molecule has 0 aliphatic heterocycles. The fourth-order valence-corrected chi connectivity index (χ4v) is 1.30. The monoisotopic (exact) mass is 200 g/mol. The van der Waals surface area contributed by atoms with E-state index in [1.165, 1.54) is 6.42 Å². The Morgan fingerprint density at radius 1 is 1.07 bits per heavy atom. The summed E-state index contributed by atoms with van der Waals surface area (Å²) >= 11 is 0. The van der Waals surface area contributed by atoms with Gasteiger partial charge < -0.3 is 0 Å². The molecule has 2 nitrogen and oxygen atoms in total. The minimum atomic E-state index is 0.237. The zero-order valence-electron chi connectivity index (χ0n) is 10.8. The zero-order chi connectivity index (χ0) is 11.2. The van der Waals surface area contributed by atoms with Crippen LogP contribution in [-0.2, 0) is 0 Å². The molecule has 0 aromatic rings. The van der Waals surface area contributed by atoms with Gasteiger partial charge in [0.25, 0.3) is 0 Å². The lowest BCUT2D eigenvalue weighted by Gasteiger charge is -2.32. The van der Waals surface area contributed by atoms with Crippen molar-refractivity contribution in [3.05, 3.63) is 0 Å². The summed E-state index contributed by atoms with van der Waals surface area (Å²) in [4.78, 5) is 0. The molecule has 14 heavy (non-hydrogen) atoms. The maximum Gasteiger partial charge on any atom is 0.0575 e. The van der Waals surface area contributed by atoms with Crippen molar-refractivity contribution in [2.24, 2.45) is 0 Å². The van der Waals surface area contributed by atoms with Gasteiger partial charge in [0.15, 0.2) is 0 Å². The van der Waals surface area contributed by atoms with Gasteiger partial charge in [-0.1, -0.05) is 20.8 Å². The molecule has 0 spiro atoms. The summed E-state index contributed by atoms with van der Waals surface area (Å²) in [6.07, 6.45) is 3.92. The minimum Gasteiger partial charge on any atom is -0.299 e. The second kappa shape index (κ2) is 6.41. The molecule has 0 aliphatic carbocycles. The molecular weight excluding hydrogens is 172 g/mol. The molecule has 2 unspecified atom stereocenters. The predicted octanol–water partition coefficient (Wildman–Crippen LogP) is 2.89. The summed E-state index contributed by atoms with van der Waals surface area (Å²) in [5, 5.41) is 7.24. The van der Waals surface area contributed by atoms with Crippen LogP contribution >= 0.6 is 0 Å².